The van der Waals surface area contributed by atoms with Crippen molar-refractivity contribution < 1.29 is 13.9 Å². The number of thiazole rings is 1. The van der Waals surface area contributed by atoms with Crippen molar-refractivity contribution in [1.82, 2.24) is 9.55 Å². The fraction of sp³-hybridized carbons (Fsp3) is 0.381. The standard InChI is InChI=1S/C21H23FN2O2S/c1-14-10-19(15(2)24(14)11-18-4-3-9-25-18)20-13-27-21(23-20)12-26-17-7-5-16(22)6-8-17/h5-8,10,13,18H,3-4,9,11-12H2,1-2H3/t18-/m1/s1. The molecule has 2 aromatic heterocycles. The third kappa shape index (κ3) is 4.06. The van der Waals surface area contributed by atoms with Crippen LogP contribution in [0.15, 0.2) is 35.7 Å². The topological polar surface area (TPSA) is 36.3 Å². The smallest absolute Gasteiger partial charge is 0.140 e. The average Bonchev–Trinajstić information content (AvgIpc) is 3.39. The fourth-order valence-electron chi connectivity index (χ4n) is 3.51. The van der Waals surface area contributed by atoms with Crippen LogP contribution < -0.4 is 4.74 Å². The van der Waals surface area contributed by atoms with E-state index in [-0.39, 0.29) is 5.82 Å². The minimum atomic E-state index is -0.266. The number of hydrogen-bond acceptors (Lipinski definition) is 4. The Morgan fingerprint density at radius 1 is 1.30 bits per heavy atom. The van der Waals surface area contributed by atoms with Crippen LogP contribution in [0.1, 0.15) is 29.2 Å². The summed E-state index contributed by atoms with van der Waals surface area (Å²) in [5.74, 6) is 0.375. The number of rotatable bonds is 6. The minimum absolute atomic E-state index is 0.266. The van der Waals surface area contributed by atoms with Crippen molar-refractivity contribution in [2.45, 2.75) is 45.9 Å². The molecule has 4 nitrogen and oxygen atoms in total. The van der Waals surface area contributed by atoms with Gasteiger partial charge in [-0.3, -0.25) is 0 Å². The zero-order chi connectivity index (χ0) is 18.8. The molecule has 0 saturated carbocycles. The molecule has 1 atom stereocenters. The van der Waals surface area contributed by atoms with Gasteiger partial charge in [-0.2, -0.15) is 0 Å². The second-order valence-electron chi connectivity index (χ2n) is 6.90. The van der Waals surface area contributed by atoms with Crippen LogP contribution in [-0.4, -0.2) is 22.3 Å². The molecule has 27 heavy (non-hydrogen) atoms. The van der Waals surface area contributed by atoms with Gasteiger partial charge in [0.1, 0.15) is 23.2 Å². The number of halogens is 1. The number of ether oxygens (including phenoxy) is 2. The molecule has 1 aliphatic heterocycles. The summed E-state index contributed by atoms with van der Waals surface area (Å²) in [5.41, 5.74) is 4.59. The van der Waals surface area contributed by atoms with Crippen molar-refractivity contribution in [2.75, 3.05) is 6.61 Å². The Kier molecular flexibility index (Phi) is 5.27. The molecule has 3 heterocycles. The molecule has 0 bridgehead atoms. The average molecular weight is 386 g/mol. The Labute approximate surface area is 162 Å². The minimum Gasteiger partial charge on any atom is -0.486 e. The van der Waals surface area contributed by atoms with Crippen LogP contribution in [0.25, 0.3) is 11.3 Å². The molecule has 1 aliphatic rings. The van der Waals surface area contributed by atoms with Crippen LogP contribution in [0.4, 0.5) is 4.39 Å². The van der Waals surface area contributed by atoms with Gasteiger partial charge in [-0.15, -0.1) is 11.3 Å². The molecule has 0 N–H and O–H groups in total. The van der Waals surface area contributed by atoms with E-state index in [4.69, 9.17) is 14.5 Å². The maximum absolute atomic E-state index is 13.0. The van der Waals surface area contributed by atoms with Crippen molar-refractivity contribution in [2.24, 2.45) is 0 Å². The number of aromatic nitrogens is 2. The van der Waals surface area contributed by atoms with E-state index in [1.807, 2.05) is 0 Å². The molecule has 0 unspecified atom stereocenters. The first-order valence-electron chi connectivity index (χ1n) is 9.21. The van der Waals surface area contributed by atoms with E-state index in [2.05, 4.69) is 29.9 Å². The molecule has 1 fully saturated rings. The highest BCUT2D eigenvalue weighted by Gasteiger charge is 2.20. The summed E-state index contributed by atoms with van der Waals surface area (Å²) in [6.07, 6.45) is 2.60. The number of benzene rings is 1. The Balaban J connectivity index is 1.46. The first kappa shape index (κ1) is 18.2. The molecule has 1 aromatic carbocycles. The maximum Gasteiger partial charge on any atom is 0.140 e. The van der Waals surface area contributed by atoms with Gasteiger partial charge in [-0.25, -0.2) is 9.37 Å². The third-order valence-corrected chi connectivity index (χ3v) is 5.81. The van der Waals surface area contributed by atoms with E-state index in [9.17, 15) is 4.39 Å². The van der Waals surface area contributed by atoms with E-state index in [1.165, 1.54) is 23.5 Å². The van der Waals surface area contributed by atoms with Gasteiger partial charge in [0.25, 0.3) is 0 Å². The van der Waals surface area contributed by atoms with E-state index in [0.717, 1.165) is 42.3 Å². The van der Waals surface area contributed by atoms with Gasteiger partial charge in [-0.05, 0) is 57.0 Å². The van der Waals surface area contributed by atoms with Crippen LogP contribution in [-0.2, 0) is 17.9 Å². The molecule has 6 heteroatoms. The first-order chi connectivity index (χ1) is 13.1. The van der Waals surface area contributed by atoms with Gasteiger partial charge in [-0.1, -0.05) is 0 Å². The van der Waals surface area contributed by atoms with Crippen LogP contribution in [0.3, 0.4) is 0 Å². The summed E-state index contributed by atoms with van der Waals surface area (Å²) in [7, 11) is 0. The fourth-order valence-corrected chi connectivity index (χ4v) is 4.22. The van der Waals surface area contributed by atoms with Crippen molar-refractivity contribution in [3.8, 4) is 17.0 Å². The van der Waals surface area contributed by atoms with Gasteiger partial charge < -0.3 is 14.0 Å². The van der Waals surface area contributed by atoms with Crippen LogP contribution in [0.2, 0.25) is 0 Å². The first-order valence-corrected chi connectivity index (χ1v) is 10.1. The molecule has 1 saturated heterocycles. The van der Waals surface area contributed by atoms with Gasteiger partial charge in [0, 0.05) is 35.5 Å². The summed E-state index contributed by atoms with van der Waals surface area (Å²) in [4.78, 5) is 4.74. The quantitative estimate of drug-likeness (QED) is 0.590. The van der Waals surface area contributed by atoms with E-state index in [0.29, 0.717) is 18.5 Å². The zero-order valence-corrected chi connectivity index (χ0v) is 16.4. The lowest BCUT2D eigenvalue weighted by Crippen LogP contribution is -2.16. The second-order valence-corrected chi connectivity index (χ2v) is 7.84. The molecule has 3 aromatic rings. The zero-order valence-electron chi connectivity index (χ0n) is 15.6. The summed E-state index contributed by atoms with van der Waals surface area (Å²) in [6.45, 7) is 6.44. The third-order valence-electron chi connectivity index (χ3n) is 4.99. The highest BCUT2D eigenvalue weighted by atomic mass is 32.1. The van der Waals surface area contributed by atoms with Gasteiger partial charge in [0.05, 0.1) is 11.8 Å². The van der Waals surface area contributed by atoms with Gasteiger partial charge in [0.15, 0.2) is 0 Å². The van der Waals surface area contributed by atoms with Crippen molar-refractivity contribution in [1.29, 1.82) is 0 Å². The molecule has 142 valence electrons. The maximum atomic E-state index is 13.0. The monoisotopic (exact) mass is 386 g/mol. The van der Waals surface area contributed by atoms with Gasteiger partial charge >= 0.3 is 0 Å². The molecular weight excluding hydrogens is 363 g/mol. The Hall–Kier alpha value is -2.18. The lowest BCUT2D eigenvalue weighted by molar-refractivity contribution is 0.0962. The van der Waals surface area contributed by atoms with Crippen LogP contribution in [0.5, 0.6) is 5.75 Å². The normalized spacial score (nSPS) is 16.8. The Morgan fingerprint density at radius 3 is 2.85 bits per heavy atom. The van der Waals surface area contributed by atoms with E-state index < -0.39 is 0 Å². The van der Waals surface area contributed by atoms with Crippen LogP contribution in [0, 0.1) is 19.7 Å². The lowest BCUT2D eigenvalue weighted by Gasteiger charge is -2.14. The van der Waals surface area contributed by atoms with Crippen molar-refractivity contribution >= 4 is 11.3 Å². The van der Waals surface area contributed by atoms with Crippen molar-refractivity contribution in [3.63, 3.8) is 0 Å². The summed E-state index contributed by atoms with van der Waals surface area (Å²) >= 11 is 1.58. The molecule has 0 amide bonds. The second kappa shape index (κ2) is 7.82. The molecule has 0 radical (unpaired) electrons. The van der Waals surface area contributed by atoms with E-state index >= 15 is 0 Å². The Morgan fingerprint density at radius 2 is 2.11 bits per heavy atom. The number of aryl methyl sites for hydroxylation is 1. The predicted molar refractivity (Wildman–Crippen MR) is 105 cm³/mol. The summed E-state index contributed by atoms with van der Waals surface area (Å²) < 4.78 is 26.8. The predicted octanol–water partition coefficient (Wildman–Crippen LogP) is 5.13. The van der Waals surface area contributed by atoms with Gasteiger partial charge in [0.2, 0.25) is 0 Å². The van der Waals surface area contributed by atoms with Crippen molar-refractivity contribution in [3.05, 3.63) is 57.9 Å². The molecule has 4 rings (SSSR count). The molecule has 0 aliphatic carbocycles. The number of hydrogen-bond donors (Lipinski definition) is 0. The number of nitrogens with zero attached hydrogens (tertiary/aromatic N) is 2. The largest absolute Gasteiger partial charge is 0.486 e. The summed E-state index contributed by atoms with van der Waals surface area (Å²) in [6, 6.07) is 8.24. The SMILES string of the molecule is Cc1cc(-c2csc(COc3ccc(F)cc3)n2)c(C)n1C[C@H]1CCCO1. The summed E-state index contributed by atoms with van der Waals surface area (Å²) in [5, 5.41) is 2.97. The lowest BCUT2D eigenvalue weighted by atomic mass is 10.2. The Bertz CT molecular complexity index is 911. The molecule has 0 spiro atoms. The highest BCUT2D eigenvalue weighted by Crippen LogP contribution is 2.29. The molecular formula is C21H23FN2O2S. The highest BCUT2D eigenvalue weighted by molar-refractivity contribution is 7.09. The van der Waals surface area contributed by atoms with E-state index in [1.54, 1.807) is 23.5 Å². The van der Waals surface area contributed by atoms with Crippen LogP contribution >= 0.6 is 11.3 Å².